The number of benzene rings is 1. The van der Waals surface area contributed by atoms with Crippen molar-refractivity contribution in [2.24, 2.45) is 17.8 Å². The molecule has 7 nitrogen and oxygen atoms in total. The molecule has 0 saturated heterocycles. The van der Waals surface area contributed by atoms with Crippen LogP contribution in [0, 0.1) is 46.8 Å². The van der Waals surface area contributed by atoms with E-state index in [9.17, 15) is 36.1 Å². The molecule has 1 N–H and O–H groups in total. The van der Waals surface area contributed by atoms with Gasteiger partial charge in [0.1, 0.15) is 6.04 Å². The van der Waals surface area contributed by atoms with Gasteiger partial charge in [0, 0.05) is 0 Å². The summed E-state index contributed by atoms with van der Waals surface area (Å²) in [4.78, 5) is 24.4. The van der Waals surface area contributed by atoms with Crippen molar-refractivity contribution in [1.29, 1.82) is 0 Å². The number of rotatable bonds is 12. The molecular weight excluding hydrogens is 488 g/mol. The number of carbonyl (C=O) groups excluding carboxylic acids is 2. The van der Waals surface area contributed by atoms with Gasteiger partial charge in [0.2, 0.25) is 34.8 Å². The SMILES string of the molecule is CC(C)COC(=O)[C@H](C)NP(=O)(C[C@H](C)C(=O)OCC(C)C)Oc1c(F)c(F)c(F)c(F)c1F. The van der Waals surface area contributed by atoms with Crippen molar-refractivity contribution in [3.8, 4) is 5.75 Å². The summed E-state index contributed by atoms with van der Waals surface area (Å²) in [5.74, 6) is -16.6. The minimum atomic E-state index is -4.65. The zero-order valence-corrected chi connectivity index (χ0v) is 20.6. The van der Waals surface area contributed by atoms with Gasteiger partial charge in [0.15, 0.2) is 0 Å². The van der Waals surface area contributed by atoms with E-state index in [0.29, 0.717) is 0 Å². The summed E-state index contributed by atoms with van der Waals surface area (Å²) in [6.45, 7) is 9.53. The molecule has 1 aromatic carbocycles. The zero-order valence-electron chi connectivity index (χ0n) is 19.7. The second kappa shape index (κ2) is 12.5. The first-order valence-electron chi connectivity index (χ1n) is 10.5. The van der Waals surface area contributed by atoms with E-state index < -0.39 is 72.4 Å². The number of carbonyl (C=O) groups is 2. The third kappa shape index (κ3) is 8.23. The van der Waals surface area contributed by atoms with Crippen LogP contribution in [0.15, 0.2) is 0 Å². The van der Waals surface area contributed by atoms with Gasteiger partial charge in [-0.25, -0.2) is 18.3 Å². The minimum absolute atomic E-state index is 0.00554. The molecule has 3 atom stereocenters. The first-order chi connectivity index (χ1) is 15.6. The van der Waals surface area contributed by atoms with Crippen LogP contribution >= 0.6 is 7.52 Å². The van der Waals surface area contributed by atoms with E-state index in [2.05, 4.69) is 5.09 Å². The molecule has 0 saturated carbocycles. The Kier molecular flexibility index (Phi) is 11.0. The van der Waals surface area contributed by atoms with Crippen LogP contribution in [-0.2, 0) is 23.6 Å². The Bertz CT molecular complexity index is 878. The molecule has 0 radical (unpaired) electrons. The van der Waals surface area contributed by atoms with Crippen molar-refractivity contribution < 1.29 is 50.1 Å². The number of hydrogen-bond acceptors (Lipinski definition) is 6. The van der Waals surface area contributed by atoms with Crippen molar-refractivity contribution in [3.63, 3.8) is 0 Å². The van der Waals surface area contributed by atoms with Crippen LogP contribution < -0.4 is 9.61 Å². The second-order valence-electron chi connectivity index (χ2n) is 8.65. The quantitative estimate of drug-likeness (QED) is 0.138. The van der Waals surface area contributed by atoms with Gasteiger partial charge < -0.3 is 14.0 Å². The Morgan fingerprint density at radius 1 is 0.765 bits per heavy atom. The van der Waals surface area contributed by atoms with E-state index in [1.54, 1.807) is 27.7 Å². The predicted octanol–water partition coefficient (Wildman–Crippen LogP) is 4.97. The first kappa shape index (κ1) is 29.8. The summed E-state index contributed by atoms with van der Waals surface area (Å²) in [5.41, 5.74) is 0. The molecule has 13 heteroatoms. The van der Waals surface area contributed by atoms with E-state index in [0.717, 1.165) is 0 Å². The maximum Gasteiger partial charge on any atom is 0.323 e. The lowest BCUT2D eigenvalue weighted by Gasteiger charge is -2.26. The van der Waals surface area contributed by atoms with Crippen molar-refractivity contribution in [2.45, 2.75) is 47.6 Å². The molecule has 0 spiro atoms. The van der Waals surface area contributed by atoms with Gasteiger partial charge in [-0.3, -0.25) is 14.2 Å². The van der Waals surface area contributed by atoms with Gasteiger partial charge in [-0.1, -0.05) is 34.6 Å². The number of ether oxygens (including phenoxy) is 2. The zero-order chi connectivity index (χ0) is 26.4. The molecule has 34 heavy (non-hydrogen) atoms. The highest BCUT2D eigenvalue weighted by Gasteiger charge is 2.38. The Morgan fingerprint density at radius 3 is 1.62 bits per heavy atom. The fraction of sp³-hybridized carbons (Fsp3) is 0.619. The Labute approximate surface area is 194 Å². The lowest BCUT2D eigenvalue weighted by atomic mass is 10.2. The Morgan fingerprint density at radius 2 is 1.18 bits per heavy atom. The molecule has 1 unspecified atom stereocenters. The first-order valence-corrected chi connectivity index (χ1v) is 12.3. The van der Waals surface area contributed by atoms with Gasteiger partial charge in [-0.05, 0) is 18.8 Å². The average Bonchev–Trinajstić information content (AvgIpc) is 2.75. The molecular formula is C21H29F5NO6P. The van der Waals surface area contributed by atoms with Crippen LogP contribution in [0.2, 0.25) is 0 Å². The third-order valence-corrected chi connectivity index (χ3v) is 6.47. The number of esters is 2. The van der Waals surface area contributed by atoms with Gasteiger partial charge in [0.25, 0.3) is 0 Å². The minimum Gasteiger partial charge on any atom is -0.465 e. The summed E-state index contributed by atoms with van der Waals surface area (Å²) in [5, 5.41) is 2.20. The summed E-state index contributed by atoms with van der Waals surface area (Å²) < 4.78 is 97.2. The molecule has 0 amide bonds. The summed E-state index contributed by atoms with van der Waals surface area (Å²) in [7, 11) is -4.65. The number of hydrogen-bond donors (Lipinski definition) is 1. The average molecular weight is 517 g/mol. The fourth-order valence-corrected chi connectivity index (χ4v) is 4.73. The lowest BCUT2D eigenvalue weighted by molar-refractivity contribution is -0.148. The van der Waals surface area contributed by atoms with E-state index in [1.807, 2.05) is 0 Å². The van der Waals surface area contributed by atoms with Crippen LogP contribution in [-0.4, -0.2) is 37.4 Å². The largest absolute Gasteiger partial charge is 0.465 e. The summed E-state index contributed by atoms with van der Waals surface area (Å²) >= 11 is 0. The monoisotopic (exact) mass is 517 g/mol. The van der Waals surface area contributed by atoms with Crippen LogP contribution in [0.4, 0.5) is 22.0 Å². The topological polar surface area (TPSA) is 90.9 Å². The van der Waals surface area contributed by atoms with Crippen LogP contribution in [0.1, 0.15) is 41.5 Å². The van der Waals surface area contributed by atoms with E-state index in [4.69, 9.17) is 14.0 Å². The molecule has 0 aliphatic rings. The molecule has 1 aromatic rings. The van der Waals surface area contributed by atoms with Crippen LogP contribution in [0.25, 0.3) is 0 Å². The van der Waals surface area contributed by atoms with E-state index in [1.165, 1.54) is 13.8 Å². The maximum atomic E-state index is 14.2. The molecule has 0 heterocycles. The van der Waals surface area contributed by atoms with Crippen molar-refractivity contribution in [3.05, 3.63) is 29.1 Å². The van der Waals surface area contributed by atoms with Gasteiger partial charge >= 0.3 is 19.5 Å². The Balaban J connectivity index is 3.29. The number of halogens is 5. The highest BCUT2D eigenvalue weighted by Crippen LogP contribution is 2.48. The number of nitrogens with one attached hydrogen (secondary N) is 1. The molecule has 0 aromatic heterocycles. The third-order valence-electron chi connectivity index (χ3n) is 4.19. The lowest BCUT2D eigenvalue weighted by Crippen LogP contribution is -2.37. The normalized spacial score (nSPS) is 15.1. The second-order valence-corrected chi connectivity index (χ2v) is 10.8. The molecule has 1 rings (SSSR count). The molecule has 0 bridgehead atoms. The standard InChI is InChI=1S/C21H29F5NO6P/c1-10(2)7-31-20(28)12(5)9-34(30,27-13(6)21(29)32-8-11(3)4)33-19-17(25)15(23)14(22)16(24)18(19)26/h10-13H,7-9H2,1-6H3,(H,27,30)/t12-,13-,34?/m0/s1. The molecule has 0 aliphatic heterocycles. The van der Waals surface area contributed by atoms with Crippen LogP contribution in [0.5, 0.6) is 5.75 Å². The van der Waals surface area contributed by atoms with Gasteiger partial charge in [-0.2, -0.15) is 8.78 Å². The van der Waals surface area contributed by atoms with E-state index >= 15 is 0 Å². The smallest absolute Gasteiger partial charge is 0.323 e. The molecule has 0 fully saturated rings. The highest BCUT2D eigenvalue weighted by atomic mass is 31.2. The Hall–Kier alpha value is -2.20. The maximum absolute atomic E-state index is 14.2. The van der Waals surface area contributed by atoms with E-state index in [-0.39, 0.29) is 25.0 Å². The molecule has 194 valence electrons. The summed E-state index contributed by atoms with van der Waals surface area (Å²) in [6, 6.07) is -1.38. The van der Waals surface area contributed by atoms with Crippen molar-refractivity contribution in [1.82, 2.24) is 5.09 Å². The van der Waals surface area contributed by atoms with Crippen LogP contribution in [0.3, 0.4) is 0 Å². The predicted molar refractivity (Wildman–Crippen MR) is 113 cm³/mol. The van der Waals surface area contributed by atoms with Gasteiger partial charge in [-0.15, -0.1) is 0 Å². The van der Waals surface area contributed by atoms with Crippen molar-refractivity contribution >= 4 is 19.5 Å². The van der Waals surface area contributed by atoms with Gasteiger partial charge in [0.05, 0.1) is 25.3 Å². The van der Waals surface area contributed by atoms with Crippen molar-refractivity contribution in [2.75, 3.05) is 19.4 Å². The summed E-state index contributed by atoms with van der Waals surface area (Å²) in [6.07, 6.45) is -0.786. The highest BCUT2D eigenvalue weighted by molar-refractivity contribution is 7.57. The molecule has 0 aliphatic carbocycles. The fourth-order valence-electron chi connectivity index (χ4n) is 2.48.